The van der Waals surface area contributed by atoms with Gasteiger partial charge in [0, 0.05) is 5.69 Å². The van der Waals surface area contributed by atoms with Crippen LogP contribution in [0.2, 0.25) is 0 Å². The standard InChI is InChI=1S/C16H16BrNO4/c1-21-14-8-11(9-19)7-13(17)16(14)22-10-15(20)18-12-5-3-2-4-6-12/h2-8,19H,9-10H2,1H3,(H,18,20). The SMILES string of the molecule is COc1cc(CO)cc(Br)c1OCC(=O)Nc1ccccc1. The van der Waals surface area contributed by atoms with E-state index in [1.165, 1.54) is 7.11 Å². The molecule has 5 nitrogen and oxygen atoms in total. The van der Waals surface area contributed by atoms with E-state index in [-0.39, 0.29) is 19.1 Å². The highest BCUT2D eigenvalue weighted by Crippen LogP contribution is 2.36. The summed E-state index contributed by atoms with van der Waals surface area (Å²) in [5, 5.41) is 11.9. The highest BCUT2D eigenvalue weighted by Gasteiger charge is 2.13. The van der Waals surface area contributed by atoms with Gasteiger partial charge in [0.2, 0.25) is 0 Å². The van der Waals surface area contributed by atoms with Crippen LogP contribution >= 0.6 is 15.9 Å². The molecule has 22 heavy (non-hydrogen) atoms. The largest absolute Gasteiger partial charge is 0.493 e. The number of halogens is 1. The predicted molar refractivity (Wildman–Crippen MR) is 87.2 cm³/mol. The van der Waals surface area contributed by atoms with Crippen LogP contribution < -0.4 is 14.8 Å². The Morgan fingerprint density at radius 2 is 2.00 bits per heavy atom. The van der Waals surface area contributed by atoms with E-state index in [2.05, 4.69) is 21.2 Å². The van der Waals surface area contributed by atoms with Gasteiger partial charge in [-0.15, -0.1) is 0 Å². The van der Waals surface area contributed by atoms with E-state index in [0.717, 1.165) is 0 Å². The molecule has 0 aliphatic carbocycles. The van der Waals surface area contributed by atoms with Gasteiger partial charge in [-0.1, -0.05) is 18.2 Å². The molecule has 0 atom stereocenters. The van der Waals surface area contributed by atoms with Crippen LogP contribution in [-0.4, -0.2) is 24.7 Å². The summed E-state index contributed by atoms with van der Waals surface area (Å²) in [5.41, 5.74) is 1.39. The Kier molecular flexibility index (Phi) is 5.80. The summed E-state index contributed by atoms with van der Waals surface area (Å²) < 4.78 is 11.4. The molecule has 0 saturated carbocycles. The van der Waals surface area contributed by atoms with Crippen molar-refractivity contribution >= 4 is 27.5 Å². The minimum atomic E-state index is -0.272. The monoisotopic (exact) mass is 365 g/mol. The number of anilines is 1. The minimum Gasteiger partial charge on any atom is -0.493 e. The Morgan fingerprint density at radius 3 is 2.64 bits per heavy atom. The third kappa shape index (κ3) is 4.22. The molecule has 0 unspecified atom stereocenters. The number of para-hydroxylation sites is 1. The number of hydrogen-bond donors (Lipinski definition) is 2. The van der Waals surface area contributed by atoms with Gasteiger partial charge in [-0.3, -0.25) is 4.79 Å². The maximum atomic E-state index is 11.9. The van der Waals surface area contributed by atoms with Crippen LogP contribution in [0.3, 0.4) is 0 Å². The smallest absolute Gasteiger partial charge is 0.262 e. The molecule has 0 bridgehead atoms. The summed E-state index contributed by atoms with van der Waals surface area (Å²) in [6, 6.07) is 12.5. The van der Waals surface area contributed by atoms with Gasteiger partial charge in [0.05, 0.1) is 18.2 Å². The number of hydrogen-bond acceptors (Lipinski definition) is 4. The molecule has 0 heterocycles. The van der Waals surface area contributed by atoms with Crippen molar-refractivity contribution in [1.82, 2.24) is 0 Å². The molecule has 0 spiro atoms. The molecule has 2 aromatic rings. The molecule has 0 aliphatic rings. The summed E-state index contributed by atoms with van der Waals surface area (Å²) in [6.45, 7) is -0.258. The number of carbonyl (C=O) groups is 1. The number of carbonyl (C=O) groups excluding carboxylic acids is 1. The number of aliphatic hydroxyl groups excluding tert-OH is 1. The van der Waals surface area contributed by atoms with Crippen molar-refractivity contribution < 1.29 is 19.4 Å². The first-order valence-electron chi connectivity index (χ1n) is 6.59. The zero-order valence-electron chi connectivity index (χ0n) is 12.0. The van der Waals surface area contributed by atoms with E-state index < -0.39 is 0 Å². The number of methoxy groups -OCH3 is 1. The third-order valence-electron chi connectivity index (χ3n) is 2.88. The van der Waals surface area contributed by atoms with Crippen molar-refractivity contribution in [2.75, 3.05) is 19.0 Å². The normalized spacial score (nSPS) is 10.1. The lowest BCUT2D eigenvalue weighted by atomic mass is 10.2. The quantitative estimate of drug-likeness (QED) is 0.825. The number of rotatable bonds is 6. The van der Waals surface area contributed by atoms with Crippen molar-refractivity contribution in [3.8, 4) is 11.5 Å². The molecule has 116 valence electrons. The second-order valence-corrected chi connectivity index (χ2v) is 5.32. The molecular weight excluding hydrogens is 350 g/mol. The molecule has 2 rings (SSSR count). The zero-order chi connectivity index (χ0) is 15.9. The van der Waals surface area contributed by atoms with Crippen molar-refractivity contribution in [2.24, 2.45) is 0 Å². The Morgan fingerprint density at radius 1 is 1.27 bits per heavy atom. The highest BCUT2D eigenvalue weighted by molar-refractivity contribution is 9.10. The molecule has 0 aliphatic heterocycles. The Bertz CT molecular complexity index is 646. The lowest BCUT2D eigenvalue weighted by molar-refractivity contribution is -0.118. The van der Waals surface area contributed by atoms with Gasteiger partial charge in [0.25, 0.3) is 5.91 Å². The van der Waals surface area contributed by atoms with Gasteiger partial charge >= 0.3 is 0 Å². The van der Waals surface area contributed by atoms with Gasteiger partial charge in [-0.2, -0.15) is 0 Å². The molecule has 2 aromatic carbocycles. The highest BCUT2D eigenvalue weighted by atomic mass is 79.9. The van der Waals surface area contributed by atoms with Crippen LogP contribution in [0.15, 0.2) is 46.9 Å². The average molecular weight is 366 g/mol. The minimum absolute atomic E-state index is 0.107. The van der Waals surface area contributed by atoms with Crippen molar-refractivity contribution in [3.63, 3.8) is 0 Å². The average Bonchev–Trinajstić information content (AvgIpc) is 2.53. The van der Waals surface area contributed by atoms with Crippen molar-refractivity contribution in [1.29, 1.82) is 0 Å². The Balaban J connectivity index is 2.03. The fourth-order valence-corrected chi connectivity index (χ4v) is 2.46. The van der Waals surface area contributed by atoms with Gasteiger partial charge in [0.1, 0.15) is 0 Å². The van der Waals surface area contributed by atoms with Crippen LogP contribution in [-0.2, 0) is 11.4 Å². The van der Waals surface area contributed by atoms with Crippen LogP contribution in [0.25, 0.3) is 0 Å². The van der Waals surface area contributed by atoms with Crippen molar-refractivity contribution in [2.45, 2.75) is 6.61 Å². The first-order chi connectivity index (χ1) is 10.6. The van der Waals surface area contributed by atoms with Gasteiger partial charge in [0.15, 0.2) is 18.1 Å². The van der Waals surface area contributed by atoms with Gasteiger partial charge < -0.3 is 19.9 Å². The predicted octanol–water partition coefficient (Wildman–Crippen LogP) is 2.97. The molecule has 0 radical (unpaired) electrons. The topological polar surface area (TPSA) is 67.8 Å². The first kappa shape index (κ1) is 16.3. The molecule has 0 fully saturated rings. The maximum Gasteiger partial charge on any atom is 0.262 e. The Labute approximate surface area is 137 Å². The second kappa shape index (κ2) is 7.82. The summed E-state index contributed by atoms with van der Waals surface area (Å²) >= 11 is 3.35. The molecular formula is C16H16BrNO4. The van der Waals surface area contributed by atoms with Gasteiger partial charge in [-0.25, -0.2) is 0 Å². The summed E-state index contributed by atoms with van der Waals surface area (Å²) in [5.74, 6) is 0.597. The molecule has 2 N–H and O–H groups in total. The van der Waals surface area contributed by atoms with E-state index >= 15 is 0 Å². The summed E-state index contributed by atoms with van der Waals surface area (Å²) in [6.07, 6.45) is 0. The van der Waals surface area contributed by atoms with E-state index in [4.69, 9.17) is 9.47 Å². The summed E-state index contributed by atoms with van der Waals surface area (Å²) in [4.78, 5) is 11.9. The number of nitrogens with one attached hydrogen (secondary N) is 1. The first-order valence-corrected chi connectivity index (χ1v) is 7.38. The van der Waals surface area contributed by atoms with E-state index in [1.807, 2.05) is 18.2 Å². The molecule has 1 amide bonds. The number of benzene rings is 2. The number of aliphatic hydroxyl groups is 1. The summed E-state index contributed by atoms with van der Waals surface area (Å²) in [7, 11) is 1.50. The zero-order valence-corrected chi connectivity index (χ0v) is 13.6. The van der Waals surface area contributed by atoms with Gasteiger partial charge in [-0.05, 0) is 45.8 Å². The Hall–Kier alpha value is -2.05. The molecule has 6 heteroatoms. The van der Waals surface area contributed by atoms with Crippen molar-refractivity contribution in [3.05, 3.63) is 52.5 Å². The van der Waals surface area contributed by atoms with Crippen LogP contribution in [0.1, 0.15) is 5.56 Å². The maximum absolute atomic E-state index is 11.9. The van der Waals surface area contributed by atoms with Crippen LogP contribution in [0.5, 0.6) is 11.5 Å². The molecule has 0 aromatic heterocycles. The van der Waals surface area contributed by atoms with E-state index in [1.54, 1.807) is 24.3 Å². The number of ether oxygens (including phenoxy) is 2. The fourth-order valence-electron chi connectivity index (χ4n) is 1.86. The lowest BCUT2D eigenvalue weighted by Crippen LogP contribution is -2.20. The van der Waals surface area contributed by atoms with E-state index in [0.29, 0.717) is 27.2 Å². The fraction of sp³-hybridized carbons (Fsp3) is 0.188. The van der Waals surface area contributed by atoms with Crippen LogP contribution in [0.4, 0.5) is 5.69 Å². The third-order valence-corrected chi connectivity index (χ3v) is 3.47. The lowest BCUT2D eigenvalue weighted by Gasteiger charge is -2.13. The number of amides is 1. The van der Waals surface area contributed by atoms with E-state index in [9.17, 15) is 9.90 Å². The molecule has 0 saturated heterocycles. The van der Waals surface area contributed by atoms with Crippen LogP contribution in [0, 0.1) is 0 Å². The second-order valence-electron chi connectivity index (χ2n) is 4.47.